The molecule has 22 heavy (non-hydrogen) atoms. The number of Topliss-reactive ketones (excluding diaryl/α,β-unsaturated/α-hetero) is 1. The lowest BCUT2D eigenvalue weighted by Gasteiger charge is -2.48. The van der Waals surface area contributed by atoms with Gasteiger partial charge < -0.3 is 9.47 Å². The second-order valence-corrected chi connectivity index (χ2v) is 7.74. The van der Waals surface area contributed by atoms with Crippen molar-refractivity contribution in [3.05, 3.63) is 23.3 Å². The maximum Gasteiger partial charge on any atom is 0.231 e. The van der Waals surface area contributed by atoms with Gasteiger partial charge in [-0.05, 0) is 73.1 Å². The van der Waals surface area contributed by atoms with Crippen LogP contribution in [0, 0.1) is 17.3 Å². The Bertz CT molecular complexity index is 665. The van der Waals surface area contributed by atoms with E-state index in [9.17, 15) is 4.79 Å². The minimum atomic E-state index is -0.0327. The molecule has 2 fully saturated rings. The number of carbonyl (C=O) groups is 1. The fourth-order valence-electron chi connectivity index (χ4n) is 5.73. The largest absolute Gasteiger partial charge is 0.454 e. The van der Waals surface area contributed by atoms with Crippen molar-refractivity contribution < 1.29 is 14.3 Å². The van der Waals surface area contributed by atoms with Crippen LogP contribution in [-0.2, 0) is 11.2 Å². The van der Waals surface area contributed by atoms with Crippen molar-refractivity contribution in [2.24, 2.45) is 17.3 Å². The molecule has 4 aliphatic rings. The Morgan fingerprint density at radius 2 is 1.91 bits per heavy atom. The summed E-state index contributed by atoms with van der Waals surface area (Å²) >= 11 is 0. The number of carbonyl (C=O) groups excluding carboxylic acids is 1. The van der Waals surface area contributed by atoms with Crippen LogP contribution in [0.1, 0.15) is 56.1 Å². The van der Waals surface area contributed by atoms with Gasteiger partial charge in [0, 0.05) is 11.8 Å². The van der Waals surface area contributed by atoms with Crippen LogP contribution >= 0.6 is 0 Å². The Hall–Kier alpha value is -1.51. The highest BCUT2D eigenvalue weighted by Gasteiger charge is 2.54. The summed E-state index contributed by atoms with van der Waals surface area (Å²) in [6, 6.07) is 4.43. The summed E-state index contributed by atoms with van der Waals surface area (Å²) in [5.74, 6) is 4.23. The lowest BCUT2D eigenvalue weighted by molar-refractivity contribution is -0.129. The van der Waals surface area contributed by atoms with Crippen LogP contribution in [0.3, 0.4) is 0 Å². The molecule has 0 saturated heterocycles. The average Bonchev–Trinajstić information content (AvgIpc) is 3.09. The molecule has 3 nitrogen and oxygen atoms in total. The molecule has 5 rings (SSSR count). The molecular weight excluding hydrogens is 276 g/mol. The van der Waals surface area contributed by atoms with Crippen LogP contribution in [0.15, 0.2) is 12.1 Å². The highest BCUT2D eigenvalue weighted by molar-refractivity contribution is 5.87. The molecule has 3 aliphatic carbocycles. The van der Waals surface area contributed by atoms with Gasteiger partial charge in [-0.2, -0.15) is 0 Å². The van der Waals surface area contributed by atoms with Crippen molar-refractivity contribution >= 4 is 5.78 Å². The van der Waals surface area contributed by atoms with E-state index >= 15 is 0 Å². The highest BCUT2D eigenvalue weighted by atomic mass is 16.7. The second-order valence-electron chi connectivity index (χ2n) is 7.74. The third kappa shape index (κ3) is 1.55. The van der Waals surface area contributed by atoms with Gasteiger partial charge in [-0.1, -0.05) is 6.92 Å². The zero-order valence-corrected chi connectivity index (χ0v) is 13.1. The van der Waals surface area contributed by atoms with Gasteiger partial charge >= 0.3 is 0 Å². The lowest BCUT2D eigenvalue weighted by atomic mass is 9.55. The predicted molar refractivity (Wildman–Crippen MR) is 82.2 cm³/mol. The van der Waals surface area contributed by atoms with E-state index < -0.39 is 0 Å². The van der Waals surface area contributed by atoms with Gasteiger partial charge in [0.1, 0.15) is 5.78 Å². The van der Waals surface area contributed by atoms with Gasteiger partial charge in [0.25, 0.3) is 0 Å². The van der Waals surface area contributed by atoms with Gasteiger partial charge in [-0.15, -0.1) is 0 Å². The van der Waals surface area contributed by atoms with Gasteiger partial charge in [0.15, 0.2) is 11.5 Å². The number of hydrogen-bond acceptors (Lipinski definition) is 3. The quantitative estimate of drug-likeness (QED) is 0.730. The van der Waals surface area contributed by atoms with Crippen LogP contribution in [-0.4, -0.2) is 12.6 Å². The average molecular weight is 298 g/mol. The molecule has 0 unspecified atom stereocenters. The molecular formula is C19H22O3. The molecule has 1 heterocycles. The first-order valence-electron chi connectivity index (χ1n) is 8.62. The molecule has 0 amide bonds. The van der Waals surface area contributed by atoms with Crippen molar-refractivity contribution in [1.29, 1.82) is 0 Å². The van der Waals surface area contributed by atoms with Crippen molar-refractivity contribution in [2.75, 3.05) is 6.79 Å². The molecule has 0 bridgehead atoms. The van der Waals surface area contributed by atoms with Crippen molar-refractivity contribution in [1.82, 2.24) is 0 Å². The molecule has 116 valence electrons. The molecule has 4 atom stereocenters. The normalized spacial score (nSPS) is 38.4. The molecule has 1 aliphatic heterocycles. The van der Waals surface area contributed by atoms with Crippen molar-refractivity contribution in [2.45, 2.75) is 51.4 Å². The Kier molecular flexibility index (Phi) is 2.52. The fourth-order valence-corrected chi connectivity index (χ4v) is 5.73. The van der Waals surface area contributed by atoms with Crippen LogP contribution in [0.2, 0.25) is 0 Å². The summed E-state index contributed by atoms with van der Waals surface area (Å²) in [7, 11) is 0. The zero-order chi connectivity index (χ0) is 14.9. The summed E-state index contributed by atoms with van der Waals surface area (Å²) in [4.78, 5) is 12.4. The summed E-state index contributed by atoms with van der Waals surface area (Å²) < 4.78 is 11.1. The molecule has 3 heteroatoms. The molecule has 2 saturated carbocycles. The zero-order valence-electron chi connectivity index (χ0n) is 13.1. The maximum atomic E-state index is 12.4. The molecule has 0 N–H and O–H groups in total. The first kappa shape index (κ1) is 13.0. The minimum absolute atomic E-state index is 0.0327. The Balaban J connectivity index is 1.56. The number of aryl methyl sites for hydroxylation is 1. The summed E-state index contributed by atoms with van der Waals surface area (Å²) in [5.41, 5.74) is 2.88. The predicted octanol–water partition coefficient (Wildman–Crippen LogP) is 3.84. The van der Waals surface area contributed by atoms with E-state index in [0.717, 1.165) is 43.6 Å². The molecule has 1 aromatic carbocycles. The maximum absolute atomic E-state index is 12.4. The van der Waals surface area contributed by atoms with Crippen LogP contribution in [0.25, 0.3) is 0 Å². The van der Waals surface area contributed by atoms with Gasteiger partial charge in [0.05, 0.1) is 0 Å². The number of fused-ring (bicyclic) bond motifs is 6. The third-order valence-corrected chi connectivity index (χ3v) is 6.93. The minimum Gasteiger partial charge on any atom is -0.454 e. The number of ether oxygens (including phenoxy) is 2. The standard InChI is InChI=1S/C19H22O3/c1-19-7-6-12-13(15(19)4-5-18(19)20)3-2-11-8-16-17(9-14(11)12)22-10-21-16/h8-9,12-13,15H,2-7,10H2,1H3/t12-,13+,15-,19-/m0/s1. The first-order valence-corrected chi connectivity index (χ1v) is 8.62. The van der Waals surface area contributed by atoms with Crippen LogP contribution < -0.4 is 9.47 Å². The number of ketones is 1. The van der Waals surface area contributed by atoms with Gasteiger partial charge in [-0.25, -0.2) is 0 Å². The van der Waals surface area contributed by atoms with Crippen molar-refractivity contribution in [3.63, 3.8) is 0 Å². The monoisotopic (exact) mass is 298 g/mol. The third-order valence-electron chi connectivity index (χ3n) is 6.93. The number of rotatable bonds is 0. The Labute approximate surface area is 131 Å². The van der Waals surface area contributed by atoms with E-state index in [4.69, 9.17) is 9.47 Å². The van der Waals surface area contributed by atoms with Crippen LogP contribution in [0.4, 0.5) is 0 Å². The van der Waals surface area contributed by atoms with E-state index in [1.807, 2.05) is 0 Å². The number of hydrogen-bond donors (Lipinski definition) is 0. The van der Waals surface area contributed by atoms with E-state index in [1.54, 1.807) is 0 Å². The van der Waals surface area contributed by atoms with E-state index in [-0.39, 0.29) is 5.41 Å². The smallest absolute Gasteiger partial charge is 0.231 e. The second kappa shape index (κ2) is 4.27. The SMILES string of the molecule is C[C@]12CC[C@@H]3c4cc5c(cc4CC[C@H]3[C@@H]1CCC2=O)OCO5. The highest BCUT2D eigenvalue weighted by Crippen LogP contribution is 2.60. The summed E-state index contributed by atoms with van der Waals surface area (Å²) in [5, 5.41) is 0. The molecule has 0 spiro atoms. The Morgan fingerprint density at radius 3 is 2.77 bits per heavy atom. The molecule has 0 radical (unpaired) electrons. The molecule has 0 aromatic heterocycles. The lowest BCUT2D eigenvalue weighted by Crippen LogP contribution is -2.42. The summed E-state index contributed by atoms with van der Waals surface area (Å²) in [6.07, 6.45) is 6.47. The first-order chi connectivity index (χ1) is 10.7. The van der Waals surface area contributed by atoms with Crippen molar-refractivity contribution in [3.8, 4) is 11.5 Å². The topological polar surface area (TPSA) is 35.5 Å². The van der Waals surface area contributed by atoms with E-state index in [2.05, 4.69) is 19.1 Å². The summed E-state index contributed by atoms with van der Waals surface area (Å²) in [6.45, 7) is 2.58. The fraction of sp³-hybridized carbons (Fsp3) is 0.632. The van der Waals surface area contributed by atoms with E-state index in [0.29, 0.717) is 30.3 Å². The Morgan fingerprint density at radius 1 is 1.09 bits per heavy atom. The number of benzene rings is 1. The van der Waals surface area contributed by atoms with Gasteiger partial charge in [-0.3, -0.25) is 4.79 Å². The van der Waals surface area contributed by atoms with Crippen LogP contribution in [0.5, 0.6) is 11.5 Å². The van der Waals surface area contributed by atoms with E-state index in [1.165, 1.54) is 17.5 Å². The molecule has 1 aromatic rings. The van der Waals surface area contributed by atoms with Gasteiger partial charge in [0.2, 0.25) is 6.79 Å².